The van der Waals surface area contributed by atoms with Crippen LogP contribution in [0, 0.1) is 5.82 Å². The summed E-state index contributed by atoms with van der Waals surface area (Å²) >= 11 is 0. The lowest BCUT2D eigenvalue weighted by Gasteiger charge is -2.24. The molecule has 0 amide bonds. The molecule has 2 aromatic carbocycles. The number of morpholine rings is 2. The van der Waals surface area contributed by atoms with E-state index in [0.29, 0.717) is 25.3 Å². The van der Waals surface area contributed by atoms with Crippen molar-refractivity contribution in [2.24, 2.45) is 0 Å². The van der Waals surface area contributed by atoms with Crippen LogP contribution in [0.4, 0.5) is 28.9 Å². The molecule has 45 heavy (non-hydrogen) atoms. The van der Waals surface area contributed by atoms with Gasteiger partial charge in [-0.15, -0.1) is 0 Å². The smallest absolute Gasteiger partial charge is 0.381 e. The number of hydrogen-bond donors (Lipinski definition) is 4. The Bertz CT molecular complexity index is 1440. The average Bonchev–Trinajstić information content (AvgIpc) is 3.08. The SMILES string of the molecule is FC(F)(F)c1ccc(CNc2ccc([C@H]3CNCCO3)cc2)cn1.Fc1ccc(CNc2ccc([C@H]3CNCCO3)cc2)nc1. The normalized spacial score (nSPS) is 18.4. The minimum absolute atomic E-state index is 0.0620. The quantitative estimate of drug-likeness (QED) is 0.181. The number of ether oxygens (including phenoxy) is 2. The summed E-state index contributed by atoms with van der Waals surface area (Å²) in [7, 11) is 0. The second kappa shape index (κ2) is 15.8. The fourth-order valence-corrected chi connectivity index (χ4v) is 4.79. The topological polar surface area (TPSA) is 92.4 Å². The summed E-state index contributed by atoms with van der Waals surface area (Å²) in [5.74, 6) is -0.316. The van der Waals surface area contributed by atoms with Gasteiger partial charge in [-0.1, -0.05) is 30.3 Å². The Morgan fingerprint density at radius 2 is 1.27 bits per heavy atom. The third-order valence-electron chi connectivity index (χ3n) is 7.29. The molecule has 8 nitrogen and oxygen atoms in total. The summed E-state index contributed by atoms with van der Waals surface area (Å²) in [5, 5.41) is 13.0. The molecule has 0 saturated carbocycles. The number of rotatable bonds is 8. The van der Waals surface area contributed by atoms with E-state index in [9.17, 15) is 17.6 Å². The summed E-state index contributed by atoms with van der Waals surface area (Å²) in [4.78, 5) is 7.47. The zero-order valence-corrected chi connectivity index (χ0v) is 24.6. The second-order valence-electron chi connectivity index (χ2n) is 10.6. The van der Waals surface area contributed by atoms with E-state index in [1.54, 1.807) is 6.07 Å². The molecule has 0 bridgehead atoms. The summed E-state index contributed by atoms with van der Waals surface area (Å²) in [6.07, 6.45) is -1.74. The maximum Gasteiger partial charge on any atom is 0.433 e. The van der Waals surface area contributed by atoms with Crippen molar-refractivity contribution in [2.45, 2.75) is 31.5 Å². The molecule has 238 valence electrons. The first kappa shape index (κ1) is 32.3. The number of halogens is 4. The Hall–Kier alpha value is -4.10. The number of anilines is 2. The van der Waals surface area contributed by atoms with Gasteiger partial charge in [0.05, 0.1) is 43.9 Å². The van der Waals surface area contributed by atoms with Crippen LogP contribution < -0.4 is 21.3 Å². The monoisotopic (exact) mass is 624 g/mol. The van der Waals surface area contributed by atoms with Gasteiger partial charge in [-0.25, -0.2) is 4.39 Å². The lowest BCUT2D eigenvalue weighted by molar-refractivity contribution is -0.141. The van der Waals surface area contributed by atoms with Gasteiger partial charge in [0.2, 0.25) is 0 Å². The summed E-state index contributed by atoms with van der Waals surface area (Å²) < 4.78 is 61.6. The first-order chi connectivity index (χ1) is 21.8. The van der Waals surface area contributed by atoms with Gasteiger partial charge in [0, 0.05) is 50.3 Å². The molecule has 2 aromatic heterocycles. The number of hydrogen-bond acceptors (Lipinski definition) is 8. The number of pyridine rings is 2. The van der Waals surface area contributed by atoms with Crippen LogP contribution in [0.1, 0.15) is 40.3 Å². The van der Waals surface area contributed by atoms with Crippen molar-refractivity contribution in [2.75, 3.05) is 50.0 Å². The molecule has 2 saturated heterocycles. The van der Waals surface area contributed by atoms with Gasteiger partial charge < -0.3 is 30.7 Å². The van der Waals surface area contributed by atoms with E-state index in [-0.39, 0.29) is 18.0 Å². The molecule has 0 aliphatic carbocycles. The molecule has 6 rings (SSSR count). The van der Waals surface area contributed by atoms with Crippen LogP contribution in [-0.4, -0.2) is 49.4 Å². The molecule has 2 aliphatic heterocycles. The third-order valence-corrected chi connectivity index (χ3v) is 7.29. The highest BCUT2D eigenvalue weighted by atomic mass is 19.4. The Kier molecular flexibility index (Phi) is 11.3. The fourth-order valence-electron chi connectivity index (χ4n) is 4.79. The molecule has 4 aromatic rings. The van der Waals surface area contributed by atoms with Crippen molar-refractivity contribution in [1.29, 1.82) is 0 Å². The standard InChI is InChI=1S/C17H18F3N3O.C16H18FN3O/c18-17(19,20)16-6-1-12(10-23-16)9-22-14-4-2-13(3-5-14)15-11-21-7-8-24-15;17-13-3-6-15(19-9-13)10-20-14-4-1-12(2-5-14)16-11-18-7-8-21-16/h1-6,10,15,21-22H,7-9,11H2;1-6,9,16,18,20H,7-8,10-11H2/t15-;16-/m11/s1. The molecule has 0 unspecified atom stereocenters. The van der Waals surface area contributed by atoms with Gasteiger partial charge in [0.25, 0.3) is 0 Å². The molecular formula is C33H36F4N6O2. The van der Waals surface area contributed by atoms with Gasteiger partial charge in [-0.2, -0.15) is 13.2 Å². The van der Waals surface area contributed by atoms with Gasteiger partial charge in [-0.3, -0.25) is 9.97 Å². The zero-order chi connectivity index (χ0) is 31.5. The number of alkyl halides is 3. The van der Waals surface area contributed by atoms with Crippen LogP contribution in [0.15, 0.2) is 85.2 Å². The lowest BCUT2D eigenvalue weighted by Crippen LogP contribution is -2.33. The summed E-state index contributed by atoms with van der Waals surface area (Å²) in [5.41, 5.74) is 4.79. The molecule has 0 spiro atoms. The first-order valence-electron chi connectivity index (χ1n) is 14.8. The van der Waals surface area contributed by atoms with Gasteiger partial charge in [0.1, 0.15) is 11.5 Å². The molecule has 0 radical (unpaired) electrons. The average molecular weight is 625 g/mol. The molecular weight excluding hydrogens is 588 g/mol. The van der Waals surface area contributed by atoms with E-state index in [0.717, 1.165) is 61.5 Å². The van der Waals surface area contributed by atoms with Crippen LogP contribution in [0.25, 0.3) is 0 Å². The lowest BCUT2D eigenvalue weighted by atomic mass is 10.1. The van der Waals surface area contributed by atoms with Crippen LogP contribution in [0.5, 0.6) is 0 Å². The zero-order valence-electron chi connectivity index (χ0n) is 24.6. The molecule has 4 N–H and O–H groups in total. The van der Waals surface area contributed by atoms with Crippen molar-refractivity contribution in [3.05, 3.63) is 119 Å². The molecule has 2 aliphatic rings. The van der Waals surface area contributed by atoms with Gasteiger partial charge in [-0.05, 0) is 59.2 Å². The number of nitrogens with zero attached hydrogens (tertiary/aromatic N) is 2. The van der Waals surface area contributed by atoms with Crippen molar-refractivity contribution in [3.8, 4) is 0 Å². The Morgan fingerprint density at radius 1 is 0.689 bits per heavy atom. The Balaban J connectivity index is 0.000000179. The van der Waals surface area contributed by atoms with Gasteiger partial charge >= 0.3 is 6.18 Å². The van der Waals surface area contributed by atoms with Crippen LogP contribution >= 0.6 is 0 Å². The maximum atomic E-state index is 12.8. The van der Waals surface area contributed by atoms with E-state index < -0.39 is 11.9 Å². The molecule has 4 heterocycles. The Morgan fingerprint density at radius 3 is 1.71 bits per heavy atom. The highest BCUT2D eigenvalue weighted by Crippen LogP contribution is 2.27. The second-order valence-corrected chi connectivity index (χ2v) is 10.6. The molecule has 12 heteroatoms. The van der Waals surface area contributed by atoms with Crippen molar-refractivity contribution in [1.82, 2.24) is 20.6 Å². The highest BCUT2D eigenvalue weighted by Gasteiger charge is 2.32. The maximum absolute atomic E-state index is 12.8. The summed E-state index contributed by atoms with van der Waals surface area (Å²) in [6.45, 7) is 5.87. The third kappa shape index (κ3) is 9.95. The van der Waals surface area contributed by atoms with Gasteiger partial charge in [0.15, 0.2) is 0 Å². The highest BCUT2D eigenvalue weighted by molar-refractivity contribution is 5.46. The van der Waals surface area contributed by atoms with E-state index in [4.69, 9.17) is 9.47 Å². The van der Waals surface area contributed by atoms with Crippen molar-refractivity contribution in [3.63, 3.8) is 0 Å². The van der Waals surface area contributed by atoms with E-state index in [1.807, 2.05) is 36.4 Å². The molecule has 2 fully saturated rings. The van der Waals surface area contributed by atoms with E-state index in [1.165, 1.54) is 30.1 Å². The number of aromatic nitrogens is 2. The van der Waals surface area contributed by atoms with Crippen LogP contribution in [-0.2, 0) is 28.7 Å². The Labute approximate surface area is 259 Å². The largest absolute Gasteiger partial charge is 0.433 e. The fraction of sp³-hybridized carbons (Fsp3) is 0.333. The first-order valence-corrected chi connectivity index (χ1v) is 14.8. The van der Waals surface area contributed by atoms with Crippen LogP contribution in [0.2, 0.25) is 0 Å². The number of nitrogens with one attached hydrogen (secondary N) is 4. The predicted molar refractivity (Wildman–Crippen MR) is 164 cm³/mol. The van der Waals surface area contributed by atoms with Crippen molar-refractivity contribution >= 4 is 11.4 Å². The minimum atomic E-state index is -4.40. The van der Waals surface area contributed by atoms with Crippen molar-refractivity contribution < 1.29 is 27.0 Å². The van der Waals surface area contributed by atoms with E-state index in [2.05, 4.69) is 43.4 Å². The summed E-state index contributed by atoms with van der Waals surface area (Å²) in [6, 6.07) is 21.6. The number of benzene rings is 2. The minimum Gasteiger partial charge on any atom is -0.381 e. The predicted octanol–water partition coefficient (Wildman–Crippen LogP) is 5.87. The molecule has 2 atom stereocenters. The van der Waals surface area contributed by atoms with E-state index >= 15 is 0 Å². The van der Waals surface area contributed by atoms with Crippen LogP contribution in [0.3, 0.4) is 0 Å².